The number of aryl methyl sites for hydroxylation is 2. The van der Waals surface area contributed by atoms with Crippen LogP contribution in [0.15, 0.2) is 12.1 Å². The summed E-state index contributed by atoms with van der Waals surface area (Å²) in [5, 5.41) is 23.0. The lowest BCUT2D eigenvalue weighted by atomic mass is 10.1. The maximum absolute atomic E-state index is 11.2. The summed E-state index contributed by atoms with van der Waals surface area (Å²) in [5.74, 6) is -0.895. The van der Waals surface area contributed by atoms with Gasteiger partial charge in [0.05, 0.1) is 4.92 Å². The van der Waals surface area contributed by atoms with E-state index in [9.17, 15) is 14.9 Å². The minimum atomic E-state index is -0.963. The van der Waals surface area contributed by atoms with Gasteiger partial charge in [0, 0.05) is 6.07 Å². The topological polar surface area (TPSA) is 92.5 Å². The molecule has 1 aromatic rings. The second-order valence-electron chi connectivity index (χ2n) is 5.01. The number of carboxylic acids is 1. The van der Waals surface area contributed by atoms with Crippen molar-refractivity contribution in [1.82, 2.24) is 0 Å². The number of carboxylic acid groups (broad SMARTS) is 1. The van der Waals surface area contributed by atoms with Gasteiger partial charge in [-0.25, -0.2) is 4.79 Å². The van der Waals surface area contributed by atoms with Crippen LogP contribution in [-0.4, -0.2) is 22.0 Å². The van der Waals surface area contributed by atoms with E-state index in [0.717, 1.165) is 24.0 Å². The number of nitrogens with zero attached hydrogens (tertiary/aromatic N) is 1. The second-order valence-corrected chi connectivity index (χ2v) is 5.01. The monoisotopic (exact) mass is 264 g/mol. The second kappa shape index (κ2) is 4.87. The molecule has 0 bridgehead atoms. The summed E-state index contributed by atoms with van der Waals surface area (Å²) in [6.07, 6.45) is 1.70. The normalized spacial score (nSPS) is 15.9. The van der Waals surface area contributed by atoms with Gasteiger partial charge in [-0.3, -0.25) is 10.1 Å². The standard InChI is InChI=1S/C13H16N2O4/c1-7-5-10(11(15(18)19)6-8(7)2)14-12(13(16)17)9-3-4-9/h5-6,9,12,14H,3-4H2,1-2H3,(H,16,17). The van der Waals surface area contributed by atoms with Gasteiger partial charge in [-0.1, -0.05) is 0 Å². The molecule has 1 aromatic carbocycles. The molecule has 0 aliphatic heterocycles. The Hall–Kier alpha value is -2.11. The maximum Gasteiger partial charge on any atom is 0.326 e. The number of nitro groups is 1. The smallest absolute Gasteiger partial charge is 0.326 e. The van der Waals surface area contributed by atoms with Gasteiger partial charge in [0.2, 0.25) is 0 Å². The van der Waals surface area contributed by atoms with Crippen molar-refractivity contribution < 1.29 is 14.8 Å². The highest BCUT2D eigenvalue weighted by atomic mass is 16.6. The highest BCUT2D eigenvalue weighted by molar-refractivity contribution is 5.80. The van der Waals surface area contributed by atoms with Gasteiger partial charge >= 0.3 is 5.97 Å². The largest absolute Gasteiger partial charge is 0.480 e. The Labute approximate surface area is 110 Å². The molecule has 2 rings (SSSR count). The van der Waals surface area contributed by atoms with Gasteiger partial charge in [0.15, 0.2) is 0 Å². The van der Waals surface area contributed by atoms with E-state index in [2.05, 4.69) is 5.32 Å². The highest BCUT2D eigenvalue weighted by Crippen LogP contribution is 2.36. The van der Waals surface area contributed by atoms with E-state index >= 15 is 0 Å². The Morgan fingerprint density at radius 2 is 2.00 bits per heavy atom. The lowest BCUT2D eigenvalue weighted by molar-refractivity contribution is -0.384. The molecule has 6 nitrogen and oxygen atoms in total. The number of nitro benzene ring substituents is 1. The Balaban J connectivity index is 2.34. The summed E-state index contributed by atoms with van der Waals surface area (Å²) in [6.45, 7) is 3.64. The van der Waals surface area contributed by atoms with Crippen LogP contribution in [0.5, 0.6) is 0 Å². The van der Waals surface area contributed by atoms with E-state index in [0.29, 0.717) is 0 Å². The third kappa shape index (κ3) is 2.83. The van der Waals surface area contributed by atoms with E-state index in [1.165, 1.54) is 6.07 Å². The molecule has 0 spiro atoms. The average Bonchev–Trinajstić information content (AvgIpc) is 3.13. The molecule has 102 valence electrons. The van der Waals surface area contributed by atoms with Crippen molar-refractivity contribution in [3.05, 3.63) is 33.4 Å². The molecule has 0 radical (unpaired) electrons. The number of carbonyl (C=O) groups is 1. The first-order valence-corrected chi connectivity index (χ1v) is 6.15. The van der Waals surface area contributed by atoms with Crippen molar-refractivity contribution in [2.75, 3.05) is 5.32 Å². The first-order chi connectivity index (χ1) is 8.90. The SMILES string of the molecule is Cc1cc(NC(C(=O)O)C2CC2)c([N+](=O)[O-])cc1C. The van der Waals surface area contributed by atoms with E-state index in [4.69, 9.17) is 5.11 Å². The molecule has 0 aromatic heterocycles. The quantitative estimate of drug-likeness (QED) is 0.629. The van der Waals surface area contributed by atoms with Crippen LogP contribution < -0.4 is 5.32 Å². The fraction of sp³-hybridized carbons (Fsp3) is 0.462. The molecular weight excluding hydrogens is 248 g/mol. The number of anilines is 1. The molecule has 1 saturated carbocycles. The Kier molecular flexibility index (Phi) is 3.42. The van der Waals surface area contributed by atoms with Gasteiger partial charge in [-0.05, 0) is 49.8 Å². The minimum absolute atomic E-state index is 0.0683. The number of aliphatic carboxylic acids is 1. The molecule has 0 saturated heterocycles. The zero-order chi connectivity index (χ0) is 14.2. The van der Waals surface area contributed by atoms with E-state index in [1.807, 2.05) is 6.92 Å². The number of hydrogen-bond acceptors (Lipinski definition) is 4. The average molecular weight is 264 g/mol. The molecule has 6 heteroatoms. The van der Waals surface area contributed by atoms with Crippen LogP contribution in [0.4, 0.5) is 11.4 Å². The summed E-state index contributed by atoms with van der Waals surface area (Å²) in [6, 6.07) is 2.37. The molecule has 1 fully saturated rings. The highest BCUT2D eigenvalue weighted by Gasteiger charge is 2.37. The van der Waals surface area contributed by atoms with Gasteiger partial charge in [0.25, 0.3) is 5.69 Å². The summed E-state index contributed by atoms with van der Waals surface area (Å²) < 4.78 is 0. The van der Waals surface area contributed by atoms with Gasteiger partial charge in [-0.2, -0.15) is 0 Å². The van der Waals surface area contributed by atoms with Crippen LogP contribution in [0.2, 0.25) is 0 Å². The third-order valence-corrected chi connectivity index (χ3v) is 3.48. The molecule has 19 heavy (non-hydrogen) atoms. The van der Waals surface area contributed by atoms with Crippen LogP contribution >= 0.6 is 0 Å². The summed E-state index contributed by atoms with van der Waals surface area (Å²) in [4.78, 5) is 21.7. The molecule has 1 aliphatic carbocycles. The summed E-state index contributed by atoms with van der Waals surface area (Å²) in [5.41, 5.74) is 1.92. The van der Waals surface area contributed by atoms with Gasteiger partial charge < -0.3 is 10.4 Å². The molecule has 1 unspecified atom stereocenters. The van der Waals surface area contributed by atoms with Crippen molar-refractivity contribution in [3.8, 4) is 0 Å². The zero-order valence-corrected chi connectivity index (χ0v) is 10.8. The predicted molar refractivity (Wildman–Crippen MR) is 70.3 cm³/mol. The van der Waals surface area contributed by atoms with Crippen molar-refractivity contribution >= 4 is 17.3 Å². The molecular formula is C13H16N2O4. The van der Waals surface area contributed by atoms with Crippen molar-refractivity contribution in [1.29, 1.82) is 0 Å². The minimum Gasteiger partial charge on any atom is -0.480 e. The summed E-state index contributed by atoms with van der Waals surface area (Å²) in [7, 11) is 0. The fourth-order valence-corrected chi connectivity index (χ4v) is 2.05. The number of benzene rings is 1. The maximum atomic E-state index is 11.2. The van der Waals surface area contributed by atoms with Crippen LogP contribution in [0.25, 0.3) is 0 Å². The molecule has 0 amide bonds. The molecule has 1 atom stereocenters. The Morgan fingerprint density at radius 1 is 1.42 bits per heavy atom. The molecule has 0 heterocycles. The first kappa shape index (κ1) is 13.3. The third-order valence-electron chi connectivity index (χ3n) is 3.48. The molecule has 2 N–H and O–H groups in total. The van der Waals surface area contributed by atoms with E-state index in [-0.39, 0.29) is 17.3 Å². The van der Waals surface area contributed by atoms with Crippen LogP contribution in [0.3, 0.4) is 0 Å². The van der Waals surface area contributed by atoms with Crippen LogP contribution in [0.1, 0.15) is 24.0 Å². The van der Waals surface area contributed by atoms with Gasteiger partial charge in [-0.15, -0.1) is 0 Å². The Morgan fingerprint density at radius 3 is 2.47 bits per heavy atom. The Bertz CT molecular complexity index is 538. The van der Waals surface area contributed by atoms with E-state index in [1.54, 1.807) is 13.0 Å². The van der Waals surface area contributed by atoms with Crippen molar-refractivity contribution in [2.45, 2.75) is 32.7 Å². The molecule has 1 aliphatic rings. The van der Waals surface area contributed by atoms with Crippen LogP contribution in [-0.2, 0) is 4.79 Å². The number of nitrogens with one attached hydrogen (secondary N) is 1. The fourth-order valence-electron chi connectivity index (χ4n) is 2.05. The zero-order valence-electron chi connectivity index (χ0n) is 10.8. The lowest BCUT2D eigenvalue weighted by Crippen LogP contribution is -2.31. The van der Waals surface area contributed by atoms with E-state index < -0.39 is 16.9 Å². The lowest BCUT2D eigenvalue weighted by Gasteiger charge is -2.16. The van der Waals surface area contributed by atoms with Crippen molar-refractivity contribution in [2.24, 2.45) is 5.92 Å². The van der Waals surface area contributed by atoms with Gasteiger partial charge in [0.1, 0.15) is 11.7 Å². The first-order valence-electron chi connectivity index (χ1n) is 6.15. The van der Waals surface area contributed by atoms with Crippen LogP contribution in [0, 0.1) is 29.9 Å². The van der Waals surface area contributed by atoms with Crippen molar-refractivity contribution in [3.63, 3.8) is 0 Å². The number of rotatable bonds is 5. The predicted octanol–water partition coefficient (Wildman–Crippen LogP) is 2.49. The number of hydrogen-bond donors (Lipinski definition) is 2. The summed E-state index contributed by atoms with van der Waals surface area (Å²) >= 11 is 0.